The second kappa shape index (κ2) is 4.10. The van der Waals surface area contributed by atoms with Gasteiger partial charge in [0.1, 0.15) is 6.26 Å². The number of rotatable bonds is 1. The monoisotopic (exact) mass is 256 g/mol. The largest absolute Gasteiger partial charge is 0.432 e. The number of ether oxygens (including phenoxy) is 1. The van der Waals surface area contributed by atoms with Gasteiger partial charge in [0.2, 0.25) is 0 Å². The summed E-state index contributed by atoms with van der Waals surface area (Å²) in [4.78, 5) is 6.41. The van der Waals surface area contributed by atoms with Crippen LogP contribution in [0.25, 0.3) is 0 Å². The SMILES string of the molecule is c1ccc2c(c1)COC21CCN(c2ncco2)CC1. The summed E-state index contributed by atoms with van der Waals surface area (Å²) >= 11 is 0. The lowest BCUT2D eigenvalue weighted by molar-refractivity contribution is -0.0555. The first-order valence-corrected chi connectivity index (χ1v) is 6.74. The summed E-state index contributed by atoms with van der Waals surface area (Å²) in [5, 5.41) is 0. The number of aromatic nitrogens is 1. The molecule has 19 heavy (non-hydrogen) atoms. The summed E-state index contributed by atoms with van der Waals surface area (Å²) < 4.78 is 11.5. The molecule has 0 bridgehead atoms. The van der Waals surface area contributed by atoms with E-state index in [2.05, 4.69) is 34.1 Å². The predicted octanol–water partition coefficient (Wildman–Crippen LogP) is 2.70. The lowest BCUT2D eigenvalue weighted by Crippen LogP contribution is -2.42. The van der Waals surface area contributed by atoms with Crippen molar-refractivity contribution in [1.82, 2.24) is 4.98 Å². The zero-order valence-electron chi connectivity index (χ0n) is 10.7. The van der Waals surface area contributed by atoms with Crippen LogP contribution in [0.4, 0.5) is 6.01 Å². The van der Waals surface area contributed by atoms with E-state index < -0.39 is 0 Å². The van der Waals surface area contributed by atoms with Gasteiger partial charge in [-0.25, -0.2) is 4.98 Å². The Kier molecular flexibility index (Phi) is 2.38. The van der Waals surface area contributed by atoms with Crippen molar-refractivity contribution in [3.63, 3.8) is 0 Å². The normalized spacial score (nSPS) is 20.7. The van der Waals surface area contributed by atoms with Gasteiger partial charge in [-0.3, -0.25) is 0 Å². The molecule has 4 nitrogen and oxygen atoms in total. The average molecular weight is 256 g/mol. The molecule has 4 heteroatoms. The molecule has 0 atom stereocenters. The Morgan fingerprint density at radius 1 is 1.16 bits per heavy atom. The molecule has 0 N–H and O–H groups in total. The Balaban J connectivity index is 1.57. The molecule has 1 spiro atoms. The summed E-state index contributed by atoms with van der Waals surface area (Å²) in [5.41, 5.74) is 2.63. The number of hydrogen-bond donors (Lipinski definition) is 0. The van der Waals surface area contributed by atoms with E-state index in [0.717, 1.165) is 38.6 Å². The third-order valence-electron chi connectivity index (χ3n) is 4.27. The molecular formula is C15H16N2O2. The number of oxazole rings is 1. The first-order valence-electron chi connectivity index (χ1n) is 6.74. The molecule has 0 unspecified atom stereocenters. The van der Waals surface area contributed by atoms with Crippen LogP contribution in [0.2, 0.25) is 0 Å². The molecule has 2 aromatic rings. The second-order valence-electron chi connectivity index (χ2n) is 5.24. The first kappa shape index (κ1) is 11.1. The van der Waals surface area contributed by atoms with Crippen LogP contribution in [0.3, 0.4) is 0 Å². The molecule has 0 radical (unpaired) electrons. The standard InChI is InChI=1S/C15H16N2O2/c1-2-4-13-12(3-1)11-19-15(13)5-8-17(9-6-15)14-16-7-10-18-14/h1-4,7,10H,5-6,8-9,11H2. The van der Waals surface area contributed by atoms with Crippen LogP contribution in [0.1, 0.15) is 24.0 Å². The van der Waals surface area contributed by atoms with E-state index in [1.54, 1.807) is 12.5 Å². The molecule has 4 rings (SSSR count). The van der Waals surface area contributed by atoms with Crippen molar-refractivity contribution in [3.05, 3.63) is 47.9 Å². The minimum atomic E-state index is -0.0836. The van der Waals surface area contributed by atoms with Crippen molar-refractivity contribution in [2.24, 2.45) is 0 Å². The number of benzene rings is 1. The van der Waals surface area contributed by atoms with Crippen LogP contribution >= 0.6 is 0 Å². The fourth-order valence-electron chi connectivity index (χ4n) is 3.23. The Morgan fingerprint density at radius 3 is 2.79 bits per heavy atom. The van der Waals surface area contributed by atoms with Gasteiger partial charge in [0.05, 0.1) is 18.4 Å². The lowest BCUT2D eigenvalue weighted by atomic mass is 9.84. The minimum Gasteiger partial charge on any atom is -0.432 e. The summed E-state index contributed by atoms with van der Waals surface area (Å²) in [6.07, 6.45) is 5.31. The Bertz CT molecular complexity index is 572. The smallest absolute Gasteiger partial charge is 0.297 e. The summed E-state index contributed by atoms with van der Waals surface area (Å²) in [6.45, 7) is 2.60. The number of nitrogens with zero attached hydrogens (tertiary/aromatic N) is 2. The highest BCUT2D eigenvalue weighted by Gasteiger charge is 2.42. The molecule has 98 valence electrons. The van der Waals surface area contributed by atoms with Crippen molar-refractivity contribution in [1.29, 1.82) is 0 Å². The molecule has 2 aliphatic rings. The quantitative estimate of drug-likeness (QED) is 0.786. The highest BCUT2D eigenvalue weighted by molar-refractivity contribution is 5.38. The maximum absolute atomic E-state index is 6.14. The van der Waals surface area contributed by atoms with Crippen LogP contribution in [0.5, 0.6) is 0 Å². The van der Waals surface area contributed by atoms with Gasteiger partial charge in [-0.1, -0.05) is 24.3 Å². The first-order chi connectivity index (χ1) is 9.37. The van der Waals surface area contributed by atoms with Gasteiger partial charge >= 0.3 is 0 Å². The van der Waals surface area contributed by atoms with E-state index in [-0.39, 0.29) is 5.60 Å². The summed E-state index contributed by atoms with van der Waals surface area (Å²) in [6, 6.07) is 9.30. The second-order valence-corrected chi connectivity index (χ2v) is 5.24. The highest BCUT2D eigenvalue weighted by atomic mass is 16.5. The van der Waals surface area contributed by atoms with E-state index in [1.807, 2.05) is 0 Å². The van der Waals surface area contributed by atoms with Crippen molar-refractivity contribution < 1.29 is 9.15 Å². The van der Waals surface area contributed by atoms with E-state index in [1.165, 1.54) is 11.1 Å². The molecule has 0 saturated carbocycles. The zero-order chi connectivity index (χ0) is 12.7. The Hall–Kier alpha value is -1.81. The van der Waals surface area contributed by atoms with Gasteiger partial charge in [-0.05, 0) is 24.0 Å². The van der Waals surface area contributed by atoms with Crippen LogP contribution in [0.15, 0.2) is 41.1 Å². The third-order valence-corrected chi connectivity index (χ3v) is 4.27. The average Bonchev–Trinajstić information content (AvgIpc) is 3.10. The van der Waals surface area contributed by atoms with Gasteiger partial charge in [-0.15, -0.1) is 0 Å². The fourth-order valence-corrected chi connectivity index (χ4v) is 3.23. The van der Waals surface area contributed by atoms with E-state index in [9.17, 15) is 0 Å². The Morgan fingerprint density at radius 2 is 2.00 bits per heavy atom. The zero-order valence-corrected chi connectivity index (χ0v) is 10.7. The lowest BCUT2D eigenvalue weighted by Gasteiger charge is -2.38. The molecule has 0 aliphatic carbocycles. The molecule has 1 saturated heterocycles. The number of fused-ring (bicyclic) bond motifs is 2. The van der Waals surface area contributed by atoms with Crippen LogP contribution in [-0.2, 0) is 16.9 Å². The Labute approximate surface area is 112 Å². The third kappa shape index (κ3) is 1.67. The van der Waals surface area contributed by atoms with Gasteiger partial charge in [-0.2, -0.15) is 0 Å². The highest BCUT2D eigenvalue weighted by Crippen LogP contribution is 2.44. The molecule has 1 aromatic heterocycles. The van der Waals surface area contributed by atoms with Crippen molar-refractivity contribution in [2.75, 3.05) is 18.0 Å². The summed E-state index contributed by atoms with van der Waals surface area (Å²) in [7, 11) is 0. The van der Waals surface area contributed by atoms with Crippen LogP contribution < -0.4 is 4.90 Å². The van der Waals surface area contributed by atoms with E-state index in [0.29, 0.717) is 0 Å². The van der Waals surface area contributed by atoms with Gasteiger partial charge < -0.3 is 14.1 Å². The molecule has 1 aromatic carbocycles. The van der Waals surface area contributed by atoms with Crippen molar-refractivity contribution >= 4 is 6.01 Å². The minimum absolute atomic E-state index is 0.0836. The maximum Gasteiger partial charge on any atom is 0.297 e. The van der Waals surface area contributed by atoms with Crippen LogP contribution in [-0.4, -0.2) is 18.1 Å². The van der Waals surface area contributed by atoms with Gasteiger partial charge in [0.15, 0.2) is 0 Å². The molecule has 2 aliphatic heterocycles. The molecule has 3 heterocycles. The predicted molar refractivity (Wildman–Crippen MR) is 70.9 cm³/mol. The van der Waals surface area contributed by atoms with E-state index in [4.69, 9.17) is 9.15 Å². The number of piperidine rings is 1. The van der Waals surface area contributed by atoms with E-state index >= 15 is 0 Å². The number of anilines is 1. The molecular weight excluding hydrogens is 240 g/mol. The maximum atomic E-state index is 6.14. The van der Waals surface area contributed by atoms with Crippen molar-refractivity contribution in [3.8, 4) is 0 Å². The van der Waals surface area contributed by atoms with Crippen LogP contribution in [0, 0.1) is 0 Å². The fraction of sp³-hybridized carbons (Fsp3) is 0.400. The van der Waals surface area contributed by atoms with Crippen molar-refractivity contribution in [2.45, 2.75) is 25.0 Å². The molecule has 0 amide bonds. The number of hydrogen-bond acceptors (Lipinski definition) is 4. The van der Waals surface area contributed by atoms with Gasteiger partial charge in [0.25, 0.3) is 6.01 Å². The summed E-state index contributed by atoms with van der Waals surface area (Å²) in [5.74, 6) is 0. The molecule has 1 fully saturated rings. The topological polar surface area (TPSA) is 38.5 Å². The van der Waals surface area contributed by atoms with Gasteiger partial charge in [0, 0.05) is 13.1 Å².